The van der Waals surface area contributed by atoms with Gasteiger partial charge in [-0.3, -0.25) is 9.59 Å². The predicted molar refractivity (Wildman–Crippen MR) is 93.6 cm³/mol. The van der Waals surface area contributed by atoms with Crippen molar-refractivity contribution in [3.8, 4) is 0 Å². The summed E-state index contributed by atoms with van der Waals surface area (Å²) in [6.07, 6.45) is 0.776. The Kier molecular flexibility index (Phi) is 5.78. The van der Waals surface area contributed by atoms with Crippen molar-refractivity contribution in [2.75, 3.05) is 27.2 Å². The standard InChI is InChI=1S/C19H26N2O3/c1-13(2)17(22)15-16(14-9-6-5-7-10-14)21(19(24)18(15)23)12-8-11-20(3)4/h5-7,9-10,13,16,23H,8,11-12H2,1-4H3. The van der Waals surface area contributed by atoms with Crippen LogP contribution in [0.3, 0.4) is 0 Å². The molecule has 0 aliphatic carbocycles. The summed E-state index contributed by atoms with van der Waals surface area (Å²) in [5.74, 6) is -1.30. The monoisotopic (exact) mass is 330 g/mol. The number of rotatable bonds is 7. The van der Waals surface area contributed by atoms with Gasteiger partial charge in [-0.1, -0.05) is 44.2 Å². The molecule has 1 unspecified atom stereocenters. The quantitative estimate of drug-likeness (QED) is 0.835. The first-order valence-electron chi connectivity index (χ1n) is 8.32. The summed E-state index contributed by atoms with van der Waals surface area (Å²) < 4.78 is 0. The molecule has 1 aliphatic rings. The molecule has 5 heteroatoms. The van der Waals surface area contributed by atoms with Crippen molar-refractivity contribution in [3.63, 3.8) is 0 Å². The highest BCUT2D eigenvalue weighted by atomic mass is 16.3. The van der Waals surface area contributed by atoms with Gasteiger partial charge in [-0.2, -0.15) is 0 Å². The molecule has 1 atom stereocenters. The molecule has 1 N–H and O–H groups in total. The van der Waals surface area contributed by atoms with Crippen LogP contribution in [-0.2, 0) is 9.59 Å². The number of benzene rings is 1. The summed E-state index contributed by atoms with van der Waals surface area (Å²) in [6, 6.07) is 8.93. The van der Waals surface area contributed by atoms with Crippen molar-refractivity contribution in [1.29, 1.82) is 0 Å². The number of aliphatic hydroxyl groups excluding tert-OH is 1. The lowest BCUT2D eigenvalue weighted by molar-refractivity contribution is -0.129. The Hall–Kier alpha value is -2.14. The molecule has 0 aromatic heterocycles. The Bertz CT molecular complexity index is 635. The molecule has 0 saturated heterocycles. The maximum absolute atomic E-state index is 12.6. The van der Waals surface area contributed by atoms with Crippen LogP contribution in [0.1, 0.15) is 31.9 Å². The fourth-order valence-electron chi connectivity index (χ4n) is 2.99. The van der Waals surface area contributed by atoms with Crippen LogP contribution in [-0.4, -0.2) is 53.8 Å². The van der Waals surface area contributed by atoms with E-state index in [-0.39, 0.29) is 17.3 Å². The lowest BCUT2D eigenvalue weighted by atomic mass is 9.91. The molecule has 0 fully saturated rings. The van der Waals surface area contributed by atoms with Crippen molar-refractivity contribution in [3.05, 3.63) is 47.2 Å². The third-order valence-electron chi connectivity index (χ3n) is 4.21. The van der Waals surface area contributed by atoms with Crippen LogP contribution in [0.2, 0.25) is 0 Å². The van der Waals surface area contributed by atoms with Gasteiger partial charge in [-0.15, -0.1) is 0 Å². The Morgan fingerprint density at radius 3 is 2.42 bits per heavy atom. The minimum absolute atomic E-state index is 0.176. The van der Waals surface area contributed by atoms with Crippen LogP contribution in [0.5, 0.6) is 0 Å². The first-order chi connectivity index (χ1) is 11.3. The van der Waals surface area contributed by atoms with E-state index < -0.39 is 17.7 Å². The summed E-state index contributed by atoms with van der Waals surface area (Å²) in [7, 11) is 3.95. The summed E-state index contributed by atoms with van der Waals surface area (Å²) in [4.78, 5) is 28.8. The van der Waals surface area contributed by atoms with Crippen molar-refractivity contribution >= 4 is 11.7 Å². The Labute approximate surface area is 143 Å². The maximum Gasteiger partial charge on any atom is 0.290 e. The van der Waals surface area contributed by atoms with Gasteiger partial charge >= 0.3 is 0 Å². The van der Waals surface area contributed by atoms with E-state index in [1.165, 1.54) is 0 Å². The average Bonchev–Trinajstić information content (AvgIpc) is 2.79. The van der Waals surface area contributed by atoms with E-state index in [2.05, 4.69) is 0 Å². The third kappa shape index (κ3) is 3.67. The summed E-state index contributed by atoms with van der Waals surface area (Å²) >= 11 is 0. The van der Waals surface area contributed by atoms with Crippen molar-refractivity contribution in [1.82, 2.24) is 9.80 Å². The van der Waals surface area contributed by atoms with Gasteiger partial charge in [0.1, 0.15) is 0 Å². The van der Waals surface area contributed by atoms with Gasteiger partial charge in [0.05, 0.1) is 11.6 Å². The summed E-state index contributed by atoms with van der Waals surface area (Å²) in [5, 5.41) is 10.3. The number of hydrogen-bond acceptors (Lipinski definition) is 4. The zero-order valence-corrected chi connectivity index (χ0v) is 14.8. The zero-order valence-electron chi connectivity index (χ0n) is 14.8. The lowest BCUT2D eigenvalue weighted by Crippen LogP contribution is -2.33. The van der Waals surface area contributed by atoms with Gasteiger partial charge in [0, 0.05) is 12.5 Å². The van der Waals surface area contributed by atoms with Crippen LogP contribution in [0, 0.1) is 5.92 Å². The summed E-state index contributed by atoms with van der Waals surface area (Å²) in [5.41, 5.74) is 1.08. The van der Waals surface area contributed by atoms with E-state index in [9.17, 15) is 14.7 Å². The minimum Gasteiger partial charge on any atom is -0.503 e. The van der Waals surface area contributed by atoms with E-state index in [1.54, 1.807) is 18.7 Å². The summed E-state index contributed by atoms with van der Waals surface area (Å²) in [6.45, 7) is 4.89. The number of carbonyl (C=O) groups is 2. The lowest BCUT2D eigenvalue weighted by Gasteiger charge is -2.27. The second-order valence-corrected chi connectivity index (χ2v) is 6.75. The molecular weight excluding hydrogens is 304 g/mol. The zero-order chi connectivity index (χ0) is 17.9. The van der Waals surface area contributed by atoms with Crippen LogP contribution >= 0.6 is 0 Å². The molecule has 24 heavy (non-hydrogen) atoms. The van der Waals surface area contributed by atoms with E-state index in [0.717, 1.165) is 18.5 Å². The molecule has 1 aromatic carbocycles. The SMILES string of the molecule is CC(C)C(=O)C1=C(O)C(=O)N(CCCN(C)C)C1c1ccccc1. The number of amides is 1. The molecule has 5 nitrogen and oxygen atoms in total. The molecule has 0 radical (unpaired) electrons. The topological polar surface area (TPSA) is 60.9 Å². The van der Waals surface area contributed by atoms with E-state index in [0.29, 0.717) is 6.54 Å². The molecule has 1 aliphatic heterocycles. The normalized spacial score (nSPS) is 18.2. The maximum atomic E-state index is 12.6. The van der Waals surface area contributed by atoms with Gasteiger partial charge in [-0.25, -0.2) is 0 Å². The van der Waals surface area contributed by atoms with Crippen LogP contribution < -0.4 is 0 Å². The van der Waals surface area contributed by atoms with Crippen molar-refractivity contribution < 1.29 is 14.7 Å². The highest BCUT2D eigenvalue weighted by molar-refractivity contribution is 6.09. The highest BCUT2D eigenvalue weighted by Crippen LogP contribution is 2.38. The van der Waals surface area contributed by atoms with Crippen LogP contribution in [0.4, 0.5) is 0 Å². The number of Topliss-reactive ketones (excluding diaryl/α,β-unsaturated/α-hetero) is 1. The Morgan fingerprint density at radius 2 is 1.88 bits per heavy atom. The first-order valence-corrected chi connectivity index (χ1v) is 8.32. The second-order valence-electron chi connectivity index (χ2n) is 6.75. The molecule has 1 amide bonds. The number of aliphatic hydroxyl groups is 1. The first kappa shape index (κ1) is 18.2. The molecule has 2 rings (SSSR count). The van der Waals surface area contributed by atoms with Gasteiger partial charge < -0.3 is 14.9 Å². The minimum atomic E-state index is -0.504. The second kappa shape index (κ2) is 7.62. The molecule has 1 heterocycles. The number of nitrogens with zero attached hydrogens (tertiary/aromatic N) is 2. The third-order valence-corrected chi connectivity index (χ3v) is 4.21. The average molecular weight is 330 g/mol. The highest BCUT2D eigenvalue weighted by Gasteiger charge is 2.43. The van der Waals surface area contributed by atoms with Gasteiger partial charge in [0.2, 0.25) is 0 Å². The Balaban J connectivity index is 2.38. The number of hydrogen-bond donors (Lipinski definition) is 1. The largest absolute Gasteiger partial charge is 0.503 e. The van der Waals surface area contributed by atoms with Gasteiger partial charge in [0.25, 0.3) is 5.91 Å². The predicted octanol–water partition coefficient (Wildman–Crippen LogP) is 2.56. The van der Waals surface area contributed by atoms with E-state index in [1.807, 2.05) is 49.3 Å². The van der Waals surface area contributed by atoms with E-state index >= 15 is 0 Å². The van der Waals surface area contributed by atoms with Gasteiger partial charge in [0.15, 0.2) is 11.5 Å². The molecule has 0 bridgehead atoms. The molecule has 0 saturated carbocycles. The van der Waals surface area contributed by atoms with Crippen LogP contribution in [0.15, 0.2) is 41.7 Å². The molecule has 130 valence electrons. The number of carbonyl (C=O) groups excluding carboxylic acids is 2. The van der Waals surface area contributed by atoms with Gasteiger partial charge in [-0.05, 0) is 32.6 Å². The number of ketones is 1. The smallest absolute Gasteiger partial charge is 0.290 e. The van der Waals surface area contributed by atoms with Crippen molar-refractivity contribution in [2.45, 2.75) is 26.3 Å². The molecule has 1 aromatic rings. The Morgan fingerprint density at radius 1 is 1.25 bits per heavy atom. The van der Waals surface area contributed by atoms with E-state index in [4.69, 9.17) is 0 Å². The molecular formula is C19H26N2O3. The van der Waals surface area contributed by atoms with Crippen LogP contribution in [0.25, 0.3) is 0 Å². The van der Waals surface area contributed by atoms with Crippen molar-refractivity contribution in [2.24, 2.45) is 5.92 Å². The fourth-order valence-corrected chi connectivity index (χ4v) is 2.99. The fraction of sp³-hybridized carbons (Fsp3) is 0.474. The molecule has 0 spiro atoms.